The van der Waals surface area contributed by atoms with Crippen LogP contribution in [0.25, 0.3) is 10.9 Å². The van der Waals surface area contributed by atoms with Gasteiger partial charge < -0.3 is 25.5 Å². The van der Waals surface area contributed by atoms with E-state index in [-0.39, 0.29) is 18.6 Å². The van der Waals surface area contributed by atoms with Gasteiger partial charge in [0.2, 0.25) is 0 Å². The minimum Gasteiger partial charge on any atom is -0.490 e. The number of benzene rings is 3. The summed E-state index contributed by atoms with van der Waals surface area (Å²) in [7, 11) is 0. The Hall–Kier alpha value is -4.09. The highest BCUT2D eigenvalue weighted by Gasteiger charge is 2.20. The molecule has 1 amide bonds. The van der Waals surface area contributed by atoms with Crippen LogP contribution in [-0.4, -0.2) is 65.8 Å². The van der Waals surface area contributed by atoms with E-state index in [9.17, 15) is 9.90 Å². The fourth-order valence-corrected chi connectivity index (χ4v) is 5.15. The van der Waals surface area contributed by atoms with Gasteiger partial charge in [0.25, 0.3) is 5.91 Å². The van der Waals surface area contributed by atoms with E-state index in [1.165, 1.54) is 5.56 Å². The summed E-state index contributed by atoms with van der Waals surface area (Å²) in [6, 6.07) is 21.3. The average molecular weight is 551 g/mol. The minimum atomic E-state index is -0.457. The van der Waals surface area contributed by atoms with Gasteiger partial charge in [0, 0.05) is 61.0 Å². The number of carbonyl (C=O) groups is 1. The summed E-state index contributed by atoms with van der Waals surface area (Å²) in [4.78, 5) is 19.2. The van der Waals surface area contributed by atoms with E-state index >= 15 is 0 Å². The zero-order valence-corrected chi connectivity index (χ0v) is 23.7. The molecule has 4 aromatic rings. The van der Waals surface area contributed by atoms with Gasteiger partial charge in [-0.1, -0.05) is 42.2 Å². The maximum absolute atomic E-state index is 13.5. The lowest BCUT2D eigenvalue weighted by Gasteiger charge is -2.27. The fraction of sp³-hybridized carbons (Fsp3) is 0.324. The number of piperazine rings is 1. The van der Waals surface area contributed by atoms with Crippen LogP contribution >= 0.6 is 0 Å². The number of nitrogens with one attached hydrogen (secondary N) is 3. The Morgan fingerprint density at radius 2 is 1.80 bits per heavy atom. The van der Waals surface area contributed by atoms with Crippen molar-refractivity contribution in [2.75, 3.05) is 32.8 Å². The van der Waals surface area contributed by atoms with Crippen molar-refractivity contribution in [2.45, 2.75) is 39.0 Å². The van der Waals surface area contributed by atoms with Crippen molar-refractivity contribution in [3.05, 3.63) is 101 Å². The molecule has 1 fully saturated rings. The second kappa shape index (κ2) is 13.5. The second-order valence-electron chi connectivity index (χ2n) is 10.8. The van der Waals surface area contributed by atoms with Crippen molar-refractivity contribution < 1.29 is 14.6 Å². The predicted octanol–water partition coefficient (Wildman–Crippen LogP) is 4.09. The van der Waals surface area contributed by atoms with E-state index in [0.717, 1.165) is 60.3 Å². The molecule has 212 valence electrons. The minimum absolute atomic E-state index is 0.100. The molecule has 1 aliphatic heterocycles. The summed E-state index contributed by atoms with van der Waals surface area (Å²) >= 11 is 0. The van der Waals surface area contributed by atoms with Gasteiger partial charge in [-0.2, -0.15) is 0 Å². The summed E-state index contributed by atoms with van der Waals surface area (Å²) in [5.74, 6) is 6.68. The first-order valence-corrected chi connectivity index (χ1v) is 14.3. The monoisotopic (exact) mass is 550 g/mol. The van der Waals surface area contributed by atoms with Gasteiger partial charge in [0.1, 0.15) is 5.75 Å². The Morgan fingerprint density at radius 3 is 2.59 bits per heavy atom. The van der Waals surface area contributed by atoms with Gasteiger partial charge in [-0.25, -0.2) is 0 Å². The number of rotatable bonds is 9. The largest absolute Gasteiger partial charge is 0.490 e. The lowest BCUT2D eigenvalue weighted by atomic mass is 10.0. The average Bonchev–Trinajstić information content (AvgIpc) is 3.39. The first kappa shape index (κ1) is 28.4. The molecule has 1 aliphatic rings. The molecule has 0 spiro atoms. The van der Waals surface area contributed by atoms with Crippen molar-refractivity contribution >= 4 is 16.8 Å². The van der Waals surface area contributed by atoms with Crippen LogP contribution in [-0.2, 0) is 13.0 Å². The van der Waals surface area contributed by atoms with Gasteiger partial charge >= 0.3 is 0 Å². The number of aliphatic hydroxyl groups is 1. The number of para-hydroxylation sites is 1. The molecule has 2 heterocycles. The van der Waals surface area contributed by atoms with E-state index in [0.29, 0.717) is 17.7 Å². The number of H-pyrrole nitrogens is 1. The molecule has 7 nitrogen and oxygen atoms in total. The molecular weight excluding hydrogens is 512 g/mol. The lowest BCUT2D eigenvalue weighted by molar-refractivity contribution is 0.0910. The number of aliphatic hydroxyl groups excluding tert-OH is 1. The van der Waals surface area contributed by atoms with E-state index in [1.807, 2.05) is 62.5 Å². The van der Waals surface area contributed by atoms with Crippen LogP contribution in [0, 0.1) is 11.8 Å². The number of fused-ring (bicyclic) bond motifs is 1. The molecule has 0 aliphatic carbocycles. The third-order valence-electron chi connectivity index (χ3n) is 7.18. The van der Waals surface area contributed by atoms with Crippen LogP contribution < -0.4 is 15.4 Å². The molecule has 41 heavy (non-hydrogen) atoms. The maximum Gasteiger partial charge on any atom is 0.255 e. The van der Waals surface area contributed by atoms with Crippen LogP contribution in [0.2, 0.25) is 0 Å². The second-order valence-corrected chi connectivity index (χ2v) is 10.8. The SMILES string of the molecule is CC(C)Oc1ccc(C#Cc2cccc(CN3CCNCC3)c2)cc1C(=O)N[C@@H](CO)Cc1c[nH]c2ccccc12. The quantitative estimate of drug-likeness (QED) is 0.236. The number of nitrogens with zero attached hydrogens (tertiary/aromatic N) is 1. The molecule has 0 saturated carbocycles. The van der Waals surface area contributed by atoms with Crippen molar-refractivity contribution in [3.63, 3.8) is 0 Å². The number of hydrogen-bond donors (Lipinski definition) is 4. The number of carbonyl (C=O) groups excluding carboxylic acids is 1. The fourth-order valence-electron chi connectivity index (χ4n) is 5.15. The first-order chi connectivity index (χ1) is 20.0. The number of aromatic nitrogens is 1. The highest BCUT2D eigenvalue weighted by Crippen LogP contribution is 2.23. The molecule has 5 rings (SSSR count). The van der Waals surface area contributed by atoms with Gasteiger partial charge in [-0.15, -0.1) is 0 Å². The molecular formula is C34H38N4O3. The Morgan fingerprint density at radius 1 is 1.02 bits per heavy atom. The zero-order valence-electron chi connectivity index (χ0n) is 23.7. The summed E-state index contributed by atoms with van der Waals surface area (Å²) in [5.41, 5.74) is 5.36. The van der Waals surface area contributed by atoms with E-state index in [4.69, 9.17) is 4.74 Å². The van der Waals surface area contributed by atoms with Gasteiger partial charge in [-0.05, 0) is 67.8 Å². The van der Waals surface area contributed by atoms with Gasteiger partial charge in [0.05, 0.1) is 24.3 Å². The summed E-state index contributed by atoms with van der Waals surface area (Å²) < 4.78 is 5.97. The summed E-state index contributed by atoms with van der Waals surface area (Å²) in [6.07, 6.45) is 2.33. The maximum atomic E-state index is 13.5. The van der Waals surface area contributed by atoms with Crippen LogP contribution in [0.15, 0.2) is 72.9 Å². The number of ether oxygens (including phenoxy) is 1. The summed E-state index contributed by atoms with van der Waals surface area (Å²) in [5, 5.41) is 17.6. The van der Waals surface area contributed by atoms with E-state index < -0.39 is 6.04 Å². The van der Waals surface area contributed by atoms with Gasteiger partial charge in [-0.3, -0.25) is 9.69 Å². The molecule has 4 N–H and O–H groups in total. The number of hydrogen-bond acceptors (Lipinski definition) is 5. The third kappa shape index (κ3) is 7.56. The smallest absolute Gasteiger partial charge is 0.255 e. The normalized spacial score (nSPS) is 14.4. The summed E-state index contributed by atoms with van der Waals surface area (Å²) in [6.45, 7) is 8.71. The topological polar surface area (TPSA) is 89.6 Å². The van der Waals surface area contributed by atoms with E-state index in [2.05, 4.69) is 44.5 Å². The van der Waals surface area contributed by atoms with Crippen molar-refractivity contribution in [2.24, 2.45) is 0 Å². The molecule has 3 aromatic carbocycles. The number of aromatic amines is 1. The van der Waals surface area contributed by atoms with Gasteiger partial charge in [0.15, 0.2) is 0 Å². The van der Waals surface area contributed by atoms with E-state index in [1.54, 1.807) is 12.1 Å². The highest BCUT2D eigenvalue weighted by molar-refractivity contribution is 5.97. The van der Waals surface area contributed by atoms with Crippen molar-refractivity contribution in [1.29, 1.82) is 0 Å². The lowest BCUT2D eigenvalue weighted by Crippen LogP contribution is -2.42. The molecule has 1 saturated heterocycles. The Bertz CT molecular complexity index is 1540. The molecule has 1 aromatic heterocycles. The van der Waals surface area contributed by atoms with Crippen LogP contribution in [0.5, 0.6) is 5.75 Å². The number of amides is 1. The van der Waals surface area contributed by atoms with Crippen LogP contribution in [0.4, 0.5) is 0 Å². The third-order valence-corrected chi connectivity index (χ3v) is 7.18. The standard InChI is InChI=1S/C34H38N4O3/c1-24(2)41-33-13-12-26(11-10-25-6-5-7-27(18-25)22-38-16-14-35-15-17-38)19-31(33)34(40)37-29(23-39)20-28-21-36-32-9-4-3-8-30(28)32/h3-9,12-13,18-19,21,24,29,35-36,39H,14-17,20,22-23H2,1-2H3,(H,37,40)/t29-/m1/s1. The Kier molecular flexibility index (Phi) is 9.37. The van der Waals surface area contributed by atoms with Crippen LogP contribution in [0.3, 0.4) is 0 Å². The molecule has 1 atom stereocenters. The molecule has 0 radical (unpaired) electrons. The first-order valence-electron chi connectivity index (χ1n) is 14.3. The molecule has 0 bridgehead atoms. The Balaban J connectivity index is 1.33. The Labute approximate surface area is 241 Å². The van der Waals surface area contributed by atoms with Crippen molar-refractivity contribution in [3.8, 4) is 17.6 Å². The zero-order chi connectivity index (χ0) is 28.6. The van der Waals surface area contributed by atoms with Crippen molar-refractivity contribution in [1.82, 2.24) is 20.5 Å². The molecule has 0 unspecified atom stereocenters. The van der Waals surface area contributed by atoms with Crippen LogP contribution in [0.1, 0.15) is 46.5 Å². The molecule has 7 heteroatoms. The predicted molar refractivity (Wildman–Crippen MR) is 163 cm³/mol. The highest BCUT2D eigenvalue weighted by atomic mass is 16.5.